The molecule has 0 aliphatic carbocycles. The predicted octanol–water partition coefficient (Wildman–Crippen LogP) is 2.25. The third-order valence-electron chi connectivity index (χ3n) is 2.12. The van der Waals surface area contributed by atoms with Gasteiger partial charge < -0.3 is 5.73 Å². The molecule has 2 heterocycles. The average molecular weight is 231 g/mol. The molecular weight excluding hydrogens is 224 g/mol. The molecule has 0 saturated heterocycles. The monoisotopic (exact) mass is 230 g/mol. The third-order valence-corrected chi connectivity index (χ3v) is 2.41. The van der Waals surface area contributed by atoms with Crippen LogP contribution in [0.25, 0.3) is 11.1 Å². The van der Waals surface area contributed by atoms with Crippen LogP contribution in [0.3, 0.4) is 0 Å². The minimum atomic E-state index is 0.144. The topological polar surface area (TPSA) is 75.6 Å². The first-order chi connectivity index (χ1) is 7.72. The van der Waals surface area contributed by atoms with E-state index >= 15 is 0 Å². The molecule has 2 aromatic heterocycles. The van der Waals surface area contributed by atoms with E-state index in [1.165, 1.54) is 0 Å². The van der Waals surface area contributed by atoms with Gasteiger partial charge in [-0.15, -0.1) is 0 Å². The van der Waals surface area contributed by atoms with Gasteiger partial charge in [-0.1, -0.05) is 11.6 Å². The molecule has 2 N–H and O–H groups in total. The van der Waals surface area contributed by atoms with E-state index in [2.05, 4.69) is 9.97 Å². The highest BCUT2D eigenvalue weighted by Crippen LogP contribution is 2.28. The van der Waals surface area contributed by atoms with Crippen molar-refractivity contribution in [3.05, 3.63) is 41.3 Å². The number of aromatic nitrogens is 2. The molecule has 78 valence electrons. The first-order valence-corrected chi connectivity index (χ1v) is 4.86. The lowest BCUT2D eigenvalue weighted by atomic mass is 10.1. The van der Waals surface area contributed by atoms with Crippen molar-refractivity contribution in [2.24, 2.45) is 0 Å². The fraction of sp³-hybridized carbons (Fsp3) is 0. The Bertz CT molecular complexity index is 560. The van der Waals surface area contributed by atoms with Gasteiger partial charge in [0.05, 0.1) is 5.56 Å². The molecule has 2 aromatic rings. The number of hydrogen-bond acceptors (Lipinski definition) is 4. The van der Waals surface area contributed by atoms with Gasteiger partial charge in [0.2, 0.25) is 0 Å². The lowest BCUT2D eigenvalue weighted by Gasteiger charge is -2.05. The standard InChI is InChI=1S/C11H7ClN4/c12-10-9(7-1-3-15-4-2-7)5-8(6-13)11(14)16-10/h1-5H,(H2,14,16). The summed E-state index contributed by atoms with van der Waals surface area (Å²) >= 11 is 5.97. The summed E-state index contributed by atoms with van der Waals surface area (Å²) in [4.78, 5) is 7.83. The summed E-state index contributed by atoms with van der Waals surface area (Å²) in [5, 5.41) is 9.14. The zero-order chi connectivity index (χ0) is 11.5. The molecular formula is C11H7ClN4. The molecule has 0 fully saturated rings. The number of anilines is 1. The van der Waals surface area contributed by atoms with Crippen LogP contribution in [0.15, 0.2) is 30.6 Å². The number of nitriles is 1. The lowest BCUT2D eigenvalue weighted by molar-refractivity contribution is 1.29. The summed E-state index contributed by atoms with van der Waals surface area (Å²) in [7, 11) is 0. The summed E-state index contributed by atoms with van der Waals surface area (Å²) < 4.78 is 0. The lowest BCUT2D eigenvalue weighted by Crippen LogP contribution is -1.96. The van der Waals surface area contributed by atoms with E-state index in [0.29, 0.717) is 11.1 Å². The van der Waals surface area contributed by atoms with Crippen molar-refractivity contribution in [1.29, 1.82) is 5.26 Å². The van der Waals surface area contributed by atoms with Crippen molar-refractivity contribution in [1.82, 2.24) is 9.97 Å². The third kappa shape index (κ3) is 1.81. The Balaban J connectivity index is 2.63. The Morgan fingerprint density at radius 1 is 1.31 bits per heavy atom. The van der Waals surface area contributed by atoms with E-state index in [1.54, 1.807) is 30.6 Å². The van der Waals surface area contributed by atoms with Crippen LogP contribution in [-0.4, -0.2) is 9.97 Å². The Morgan fingerprint density at radius 3 is 2.62 bits per heavy atom. The molecule has 0 saturated carbocycles. The van der Waals surface area contributed by atoms with E-state index in [-0.39, 0.29) is 11.0 Å². The van der Waals surface area contributed by atoms with Crippen LogP contribution in [0.4, 0.5) is 5.82 Å². The number of nitrogens with two attached hydrogens (primary N) is 1. The number of halogens is 1. The Hall–Kier alpha value is -2.12. The van der Waals surface area contributed by atoms with Crippen LogP contribution in [0, 0.1) is 11.3 Å². The average Bonchev–Trinajstić information content (AvgIpc) is 2.30. The molecule has 0 spiro atoms. The fourth-order valence-corrected chi connectivity index (χ4v) is 1.58. The smallest absolute Gasteiger partial charge is 0.143 e. The van der Waals surface area contributed by atoms with E-state index in [0.717, 1.165) is 5.56 Å². The van der Waals surface area contributed by atoms with E-state index in [9.17, 15) is 0 Å². The molecule has 0 amide bonds. The Labute approximate surface area is 97.3 Å². The highest BCUT2D eigenvalue weighted by molar-refractivity contribution is 6.32. The summed E-state index contributed by atoms with van der Waals surface area (Å²) in [6, 6.07) is 7.18. The molecule has 5 heteroatoms. The maximum atomic E-state index is 8.86. The van der Waals surface area contributed by atoms with Crippen LogP contribution in [-0.2, 0) is 0 Å². The van der Waals surface area contributed by atoms with Crippen molar-refractivity contribution >= 4 is 17.4 Å². The summed E-state index contributed by atoms with van der Waals surface area (Å²) in [6.07, 6.45) is 3.29. The molecule has 0 atom stereocenters. The molecule has 0 aliphatic rings. The predicted molar refractivity (Wildman–Crippen MR) is 61.6 cm³/mol. The van der Waals surface area contributed by atoms with Crippen molar-refractivity contribution < 1.29 is 0 Å². The van der Waals surface area contributed by atoms with Gasteiger partial charge in [-0.25, -0.2) is 4.98 Å². The molecule has 4 nitrogen and oxygen atoms in total. The quantitative estimate of drug-likeness (QED) is 0.763. The van der Waals surface area contributed by atoms with Gasteiger partial charge in [0, 0.05) is 18.0 Å². The van der Waals surface area contributed by atoms with Gasteiger partial charge in [-0.05, 0) is 23.8 Å². The van der Waals surface area contributed by atoms with Crippen LogP contribution in [0.2, 0.25) is 5.15 Å². The molecule has 2 rings (SSSR count). The normalized spacial score (nSPS) is 9.75. The van der Waals surface area contributed by atoms with Crippen molar-refractivity contribution in [2.75, 3.05) is 5.73 Å². The van der Waals surface area contributed by atoms with Gasteiger partial charge in [-0.3, -0.25) is 4.98 Å². The molecule has 0 aromatic carbocycles. The minimum absolute atomic E-state index is 0.144. The highest BCUT2D eigenvalue weighted by Gasteiger charge is 2.09. The van der Waals surface area contributed by atoms with Crippen molar-refractivity contribution in [3.8, 4) is 17.2 Å². The summed E-state index contributed by atoms with van der Waals surface area (Å²) in [5.41, 5.74) is 7.39. The maximum absolute atomic E-state index is 8.86. The van der Waals surface area contributed by atoms with Crippen LogP contribution < -0.4 is 5.73 Å². The van der Waals surface area contributed by atoms with Gasteiger partial charge in [0.1, 0.15) is 17.0 Å². The van der Waals surface area contributed by atoms with E-state index in [1.807, 2.05) is 6.07 Å². The van der Waals surface area contributed by atoms with E-state index in [4.69, 9.17) is 22.6 Å². The highest BCUT2D eigenvalue weighted by atomic mass is 35.5. The number of pyridine rings is 2. The largest absolute Gasteiger partial charge is 0.383 e. The first-order valence-electron chi connectivity index (χ1n) is 4.49. The Kier molecular flexibility index (Phi) is 2.71. The van der Waals surface area contributed by atoms with Crippen molar-refractivity contribution in [3.63, 3.8) is 0 Å². The second-order valence-electron chi connectivity index (χ2n) is 3.11. The zero-order valence-electron chi connectivity index (χ0n) is 8.18. The first kappa shape index (κ1) is 10.4. The SMILES string of the molecule is N#Cc1cc(-c2ccncc2)c(Cl)nc1N. The van der Waals surface area contributed by atoms with Gasteiger partial charge in [0.15, 0.2) is 0 Å². The molecule has 16 heavy (non-hydrogen) atoms. The number of rotatable bonds is 1. The van der Waals surface area contributed by atoms with Crippen molar-refractivity contribution in [2.45, 2.75) is 0 Å². The number of nitrogen functional groups attached to an aromatic ring is 1. The molecule has 0 unspecified atom stereocenters. The zero-order valence-corrected chi connectivity index (χ0v) is 8.94. The second-order valence-corrected chi connectivity index (χ2v) is 3.47. The minimum Gasteiger partial charge on any atom is -0.383 e. The summed E-state index contributed by atoms with van der Waals surface area (Å²) in [5.74, 6) is 0.144. The van der Waals surface area contributed by atoms with Crippen LogP contribution in [0.1, 0.15) is 5.56 Å². The van der Waals surface area contributed by atoms with Gasteiger partial charge >= 0.3 is 0 Å². The number of nitrogens with zero attached hydrogens (tertiary/aromatic N) is 3. The fourth-order valence-electron chi connectivity index (χ4n) is 1.33. The van der Waals surface area contributed by atoms with Gasteiger partial charge in [-0.2, -0.15) is 5.26 Å². The molecule has 0 aliphatic heterocycles. The van der Waals surface area contributed by atoms with Crippen LogP contribution in [0.5, 0.6) is 0 Å². The van der Waals surface area contributed by atoms with E-state index < -0.39 is 0 Å². The maximum Gasteiger partial charge on any atom is 0.143 e. The Morgan fingerprint density at radius 2 is 2.00 bits per heavy atom. The second kappa shape index (κ2) is 4.17. The summed E-state index contributed by atoms with van der Waals surface area (Å²) in [6.45, 7) is 0. The molecule has 0 radical (unpaired) electrons. The van der Waals surface area contributed by atoms with Crippen LogP contribution >= 0.6 is 11.6 Å². The van der Waals surface area contributed by atoms with Gasteiger partial charge in [0.25, 0.3) is 0 Å². The molecule has 0 bridgehead atoms. The number of hydrogen-bond donors (Lipinski definition) is 1.